The Hall–Kier alpha value is -2.15. The number of rotatable bonds is 5. The Morgan fingerprint density at radius 2 is 2.14 bits per heavy atom. The molecular weight excluding hydrogens is 274 g/mol. The first-order valence-corrected chi connectivity index (χ1v) is 6.75. The van der Waals surface area contributed by atoms with Gasteiger partial charge in [0, 0.05) is 12.3 Å². The first kappa shape index (κ1) is 15.2. The van der Waals surface area contributed by atoms with Gasteiger partial charge in [-0.2, -0.15) is 0 Å². The summed E-state index contributed by atoms with van der Waals surface area (Å²) in [6.45, 7) is 2.13. The molecule has 21 heavy (non-hydrogen) atoms. The lowest BCUT2D eigenvalue weighted by molar-refractivity contribution is -0.150. The maximum atomic E-state index is 12.3. The van der Waals surface area contributed by atoms with Crippen LogP contribution >= 0.6 is 0 Å². The molecule has 1 atom stereocenters. The number of nitrogens with one attached hydrogen (secondary N) is 1. The lowest BCUT2D eigenvalue weighted by Gasteiger charge is -2.31. The van der Waals surface area contributed by atoms with E-state index in [0.717, 1.165) is 0 Å². The van der Waals surface area contributed by atoms with Gasteiger partial charge in [0.05, 0.1) is 33.4 Å². The first-order chi connectivity index (χ1) is 10.1. The number of hydrogen-bond donors (Lipinski definition) is 1. The highest BCUT2D eigenvalue weighted by atomic mass is 16.5. The van der Waals surface area contributed by atoms with Crippen LogP contribution < -0.4 is 14.8 Å². The molecule has 7 nitrogen and oxygen atoms in total. The lowest BCUT2D eigenvalue weighted by atomic mass is 10.1. The Bertz CT molecular complexity index is 547. The van der Waals surface area contributed by atoms with Crippen LogP contribution in [0.25, 0.3) is 0 Å². The first-order valence-electron chi connectivity index (χ1n) is 6.75. The average molecular weight is 293 g/mol. The number of piperazine rings is 1. The van der Waals surface area contributed by atoms with E-state index < -0.39 is 0 Å². The fourth-order valence-electron chi connectivity index (χ4n) is 2.30. The normalized spacial score (nSPS) is 18.8. The van der Waals surface area contributed by atoms with E-state index in [4.69, 9.17) is 9.47 Å². The molecule has 1 N–H and O–H groups in total. The summed E-state index contributed by atoms with van der Waals surface area (Å²) in [5.41, 5.74) is 0.496. The molecule has 0 spiro atoms. The van der Waals surface area contributed by atoms with Crippen LogP contribution in [0.4, 0.5) is 0 Å². The SMILES string of the molecule is CCC1NCC(=O)N(Cc2nccc(OC)c2OC)C1=O. The van der Waals surface area contributed by atoms with E-state index in [0.29, 0.717) is 23.6 Å². The molecule has 0 aromatic carbocycles. The third-order valence-corrected chi connectivity index (χ3v) is 3.45. The quantitative estimate of drug-likeness (QED) is 0.788. The largest absolute Gasteiger partial charge is 0.493 e. The summed E-state index contributed by atoms with van der Waals surface area (Å²) in [4.78, 5) is 29.7. The van der Waals surface area contributed by atoms with Gasteiger partial charge in [0.25, 0.3) is 0 Å². The number of methoxy groups -OCH3 is 2. The number of amides is 2. The molecule has 2 heterocycles. The molecule has 1 unspecified atom stereocenters. The highest BCUT2D eigenvalue weighted by Crippen LogP contribution is 2.30. The topological polar surface area (TPSA) is 80.8 Å². The molecule has 2 amide bonds. The van der Waals surface area contributed by atoms with Crippen LogP contribution in [0.15, 0.2) is 12.3 Å². The molecule has 7 heteroatoms. The molecule has 1 aliphatic heterocycles. The van der Waals surface area contributed by atoms with Crippen molar-refractivity contribution < 1.29 is 19.1 Å². The zero-order valence-corrected chi connectivity index (χ0v) is 12.4. The van der Waals surface area contributed by atoms with E-state index in [1.165, 1.54) is 19.1 Å². The summed E-state index contributed by atoms with van der Waals surface area (Å²) in [6, 6.07) is 1.33. The van der Waals surface area contributed by atoms with Gasteiger partial charge in [-0.25, -0.2) is 0 Å². The number of ether oxygens (including phenoxy) is 2. The van der Waals surface area contributed by atoms with Crippen LogP contribution in [0, 0.1) is 0 Å². The second-order valence-corrected chi connectivity index (χ2v) is 4.65. The van der Waals surface area contributed by atoms with Crippen molar-refractivity contribution in [2.75, 3.05) is 20.8 Å². The van der Waals surface area contributed by atoms with Crippen molar-refractivity contribution >= 4 is 11.8 Å². The third kappa shape index (κ3) is 2.97. The smallest absolute Gasteiger partial charge is 0.246 e. The van der Waals surface area contributed by atoms with Crippen molar-refractivity contribution in [1.82, 2.24) is 15.2 Å². The molecular formula is C14H19N3O4. The van der Waals surface area contributed by atoms with Gasteiger partial charge in [0.15, 0.2) is 11.5 Å². The van der Waals surface area contributed by atoms with Gasteiger partial charge >= 0.3 is 0 Å². The summed E-state index contributed by atoms with van der Waals surface area (Å²) in [7, 11) is 3.02. The number of hydrogen-bond acceptors (Lipinski definition) is 6. The Balaban J connectivity index is 2.28. The molecule has 0 saturated carbocycles. The maximum Gasteiger partial charge on any atom is 0.246 e. The Kier molecular flexibility index (Phi) is 4.74. The molecule has 1 aromatic rings. The minimum Gasteiger partial charge on any atom is -0.493 e. The Labute approximate surface area is 123 Å². The molecule has 2 rings (SSSR count). The van der Waals surface area contributed by atoms with Crippen molar-refractivity contribution in [2.24, 2.45) is 0 Å². The lowest BCUT2D eigenvalue weighted by Crippen LogP contribution is -2.57. The zero-order valence-electron chi connectivity index (χ0n) is 12.4. The molecule has 0 bridgehead atoms. The van der Waals surface area contributed by atoms with Crippen LogP contribution in [0.2, 0.25) is 0 Å². The van der Waals surface area contributed by atoms with Crippen LogP contribution in [-0.4, -0.2) is 48.5 Å². The minimum atomic E-state index is -0.334. The summed E-state index contributed by atoms with van der Waals surface area (Å²) in [5, 5.41) is 2.92. The highest BCUT2D eigenvalue weighted by Gasteiger charge is 2.33. The number of nitrogens with zero attached hydrogens (tertiary/aromatic N) is 2. The van der Waals surface area contributed by atoms with Gasteiger partial charge in [0.2, 0.25) is 11.8 Å². The van der Waals surface area contributed by atoms with Crippen molar-refractivity contribution in [3.8, 4) is 11.5 Å². The van der Waals surface area contributed by atoms with Crippen LogP contribution in [0.3, 0.4) is 0 Å². The maximum absolute atomic E-state index is 12.3. The van der Waals surface area contributed by atoms with Crippen LogP contribution in [0.5, 0.6) is 11.5 Å². The summed E-state index contributed by atoms with van der Waals surface area (Å²) in [5.74, 6) is 0.452. The predicted molar refractivity (Wildman–Crippen MR) is 75.0 cm³/mol. The van der Waals surface area contributed by atoms with E-state index in [-0.39, 0.29) is 30.9 Å². The molecule has 1 aliphatic rings. The second-order valence-electron chi connectivity index (χ2n) is 4.65. The molecule has 114 valence electrons. The van der Waals surface area contributed by atoms with E-state index in [9.17, 15) is 9.59 Å². The average Bonchev–Trinajstić information content (AvgIpc) is 2.51. The van der Waals surface area contributed by atoms with Crippen molar-refractivity contribution in [3.05, 3.63) is 18.0 Å². The third-order valence-electron chi connectivity index (χ3n) is 3.45. The van der Waals surface area contributed by atoms with E-state index >= 15 is 0 Å². The van der Waals surface area contributed by atoms with Crippen molar-refractivity contribution in [3.63, 3.8) is 0 Å². The van der Waals surface area contributed by atoms with Gasteiger partial charge in [0.1, 0.15) is 5.69 Å². The van der Waals surface area contributed by atoms with Gasteiger partial charge in [-0.15, -0.1) is 0 Å². The fourth-order valence-corrected chi connectivity index (χ4v) is 2.30. The molecule has 1 saturated heterocycles. The Morgan fingerprint density at radius 3 is 2.76 bits per heavy atom. The van der Waals surface area contributed by atoms with Gasteiger partial charge in [-0.3, -0.25) is 24.8 Å². The summed E-state index contributed by atoms with van der Waals surface area (Å²) in [6.07, 6.45) is 2.19. The number of carbonyl (C=O) groups excluding carboxylic acids is 2. The van der Waals surface area contributed by atoms with Gasteiger partial charge < -0.3 is 9.47 Å². The second kappa shape index (κ2) is 6.53. The molecule has 1 aromatic heterocycles. The highest BCUT2D eigenvalue weighted by molar-refractivity contribution is 6.01. The Morgan fingerprint density at radius 1 is 1.38 bits per heavy atom. The van der Waals surface area contributed by atoms with Crippen molar-refractivity contribution in [1.29, 1.82) is 0 Å². The fraction of sp³-hybridized carbons (Fsp3) is 0.500. The number of aromatic nitrogens is 1. The van der Waals surface area contributed by atoms with Crippen LogP contribution in [0.1, 0.15) is 19.0 Å². The summed E-state index contributed by atoms with van der Waals surface area (Å²) < 4.78 is 10.5. The van der Waals surface area contributed by atoms with Crippen LogP contribution in [-0.2, 0) is 16.1 Å². The number of carbonyl (C=O) groups is 2. The van der Waals surface area contributed by atoms with Crippen molar-refractivity contribution in [2.45, 2.75) is 25.9 Å². The van der Waals surface area contributed by atoms with Gasteiger partial charge in [-0.1, -0.05) is 6.92 Å². The predicted octanol–water partition coefficient (Wildman–Crippen LogP) is 0.336. The monoisotopic (exact) mass is 293 g/mol. The van der Waals surface area contributed by atoms with E-state index in [1.54, 1.807) is 12.3 Å². The van der Waals surface area contributed by atoms with E-state index in [2.05, 4.69) is 10.3 Å². The zero-order chi connectivity index (χ0) is 15.4. The molecule has 0 radical (unpaired) electrons. The number of pyridine rings is 1. The minimum absolute atomic E-state index is 0.0796. The van der Waals surface area contributed by atoms with Gasteiger partial charge in [-0.05, 0) is 6.42 Å². The van der Waals surface area contributed by atoms with E-state index in [1.807, 2.05) is 6.92 Å². The molecule has 1 fully saturated rings. The molecule has 0 aliphatic carbocycles. The number of imide groups is 1. The standard InChI is InChI=1S/C14H19N3O4/c1-4-9-14(19)17(12(18)7-16-9)8-10-13(21-3)11(20-2)5-6-15-10/h5-6,9,16H,4,7-8H2,1-3H3. The summed E-state index contributed by atoms with van der Waals surface area (Å²) >= 11 is 0.